The van der Waals surface area contributed by atoms with Gasteiger partial charge in [-0.2, -0.15) is 13.2 Å². The molecule has 1 saturated heterocycles. The molecule has 1 aliphatic heterocycles. The summed E-state index contributed by atoms with van der Waals surface area (Å²) in [4.78, 5) is 1.96. The van der Waals surface area contributed by atoms with E-state index in [1.165, 1.54) is 6.07 Å². The van der Waals surface area contributed by atoms with Crippen LogP contribution in [0, 0.1) is 18.2 Å². The second-order valence-electron chi connectivity index (χ2n) is 12.0. The Hall–Kier alpha value is -2.61. The van der Waals surface area contributed by atoms with Crippen LogP contribution in [0.4, 0.5) is 17.6 Å². The first-order valence-electron chi connectivity index (χ1n) is 13.4. The van der Waals surface area contributed by atoms with E-state index in [9.17, 15) is 17.6 Å². The van der Waals surface area contributed by atoms with Gasteiger partial charge >= 0.3 is 6.18 Å². The van der Waals surface area contributed by atoms with Crippen LogP contribution in [0.15, 0.2) is 35.9 Å². The van der Waals surface area contributed by atoms with E-state index < -0.39 is 17.8 Å². The van der Waals surface area contributed by atoms with Crippen LogP contribution in [0.25, 0.3) is 5.57 Å². The van der Waals surface area contributed by atoms with E-state index in [0.717, 1.165) is 48.1 Å². The van der Waals surface area contributed by atoms with Gasteiger partial charge in [0.1, 0.15) is 17.7 Å². The molecule has 3 nitrogen and oxygen atoms in total. The maximum atomic E-state index is 14.8. The predicted octanol–water partition coefficient (Wildman–Crippen LogP) is 9.00. The maximum absolute atomic E-state index is 14.8. The number of thiocarbonyl (C=S) groups is 1. The Labute approximate surface area is 234 Å². The first-order chi connectivity index (χ1) is 18.1. The molecule has 4 rings (SSSR count). The lowest BCUT2D eigenvalue weighted by atomic mass is 9.72. The van der Waals surface area contributed by atoms with Crippen molar-refractivity contribution in [3.8, 4) is 5.75 Å². The summed E-state index contributed by atoms with van der Waals surface area (Å²) in [6.07, 6.45) is -2.50. The summed E-state index contributed by atoms with van der Waals surface area (Å²) in [7, 11) is 1.55. The van der Waals surface area contributed by atoms with Gasteiger partial charge in [-0.15, -0.1) is 0 Å². The fourth-order valence-corrected chi connectivity index (χ4v) is 6.15. The van der Waals surface area contributed by atoms with Crippen molar-refractivity contribution in [2.24, 2.45) is 5.41 Å². The van der Waals surface area contributed by atoms with Crippen LogP contribution in [0.2, 0.25) is 0 Å². The largest absolute Gasteiger partial charge is 0.496 e. The number of rotatable bonds is 6. The van der Waals surface area contributed by atoms with E-state index in [4.69, 9.17) is 21.7 Å². The topological polar surface area (TPSA) is 21.7 Å². The number of alkyl halides is 3. The molecule has 1 aliphatic carbocycles. The molecule has 0 unspecified atom stereocenters. The fourth-order valence-electron chi connectivity index (χ4n) is 5.81. The molecule has 0 N–H and O–H groups in total. The third kappa shape index (κ3) is 6.11. The maximum Gasteiger partial charge on any atom is 0.416 e. The molecule has 1 heterocycles. The monoisotopic (exact) mass is 563 g/mol. The van der Waals surface area contributed by atoms with Gasteiger partial charge in [-0.1, -0.05) is 39.3 Å². The molecule has 2 aromatic rings. The minimum atomic E-state index is -4.45. The zero-order chi connectivity index (χ0) is 28.9. The molecule has 0 radical (unpaired) electrons. The Balaban J connectivity index is 1.74. The molecule has 0 bridgehead atoms. The number of ether oxygens (including phenoxy) is 2. The van der Waals surface area contributed by atoms with Crippen LogP contribution in [-0.4, -0.2) is 29.8 Å². The summed E-state index contributed by atoms with van der Waals surface area (Å²) in [5, 5.41) is 0.270. The minimum Gasteiger partial charge on any atom is -0.496 e. The molecule has 2 atom stereocenters. The van der Waals surface area contributed by atoms with E-state index in [1.54, 1.807) is 20.1 Å². The molecule has 0 aromatic heterocycles. The zero-order valence-electron chi connectivity index (χ0n) is 23.6. The molecule has 212 valence electrons. The van der Waals surface area contributed by atoms with Crippen molar-refractivity contribution >= 4 is 23.0 Å². The van der Waals surface area contributed by atoms with Gasteiger partial charge in [-0.05, 0) is 97.1 Å². The van der Waals surface area contributed by atoms with Crippen LogP contribution in [0.1, 0.15) is 93.7 Å². The number of methoxy groups -OCH3 is 1. The first kappa shape index (κ1) is 29.4. The smallest absolute Gasteiger partial charge is 0.416 e. The summed E-state index contributed by atoms with van der Waals surface area (Å²) in [6.45, 7) is 12.4. The van der Waals surface area contributed by atoms with Gasteiger partial charge in [0.2, 0.25) is 0 Å². The van der Waals surface area contributed by atoms with Crippen molar-refractivity contribution in [2.75, 3.05) is 13.7 Å². The van der Waals surface area contributed by atoms with E-state index in [1.807, 2.05) is 31.7 Å². The number of halogens is 4. The number of hydrogen-bond acceptors (Lipinski definition) is 3. The second kappa shape index (κ2) is 10.8. The molecular weight excluding hydrogens is 526 g/mol. The molecule has 8 heteroatoms. The number of allylic oxidation sites excluding steroid dienone is 1. The van der Waals surface area contributed by atoms with Crippen molar-refractivity contribution in [1.29, 1.82) is 0 Å². The first-order valence-corrected chi connectivity index (χ1v) is 13.8. The predicted molar refractivity (Wildman–Crippen MR) is 150 cm³/mol. The van der Waals surface area contributed by atoms with Crippen LogP contribution < -0.4 is 4.74 Å². The number of aryl methyl sites for hydroxylation is 1. The van der Waals surface area contributed by atoms with Crippen LogP contribution in [0.3, 0.4) is 0 Å². The van der Waals surface area contributed by atoms with Crippen LogP contribution in [0.5, 0.6) is 5.75 Å². The second-order valence-corrected chi connectivity index (χ2v) is 12.3. The summed E-state index contributed by atoms with van der Waals surface area (Å²) in [5.74, 6) is 0.218. The lowest BCUT2D eigenvalue weighted by molar-refractivity contribution is -0.137. The molecule has 0 saturated carbocycles. The molecule has 0 amide bonds. The molecule has 39 heavy (non-hydrogen) atoms. The fraction of sp³-hybridized carbons (Fsp3) is 0.516. The summed E-state index contributed by atoms with van der Waals surface area (Å²) >= 11 is 5.62. The summed E-state index contributed by atoms with van der Waals surface area (Å²) < 4.78 is 67.0. The number of nitrogens with zero attached hydrogens (tertiary/aromatic N) is 1. The van der Waals surface area contributed by atoms with Gasteiger partial charge < -0.3 is 14.4 Å². The molecule has 2 aromatic carbocycles. The van der Waals surface area contributed by atoms with E-state index >= 15 is 0 Å². The Bertz CT molecular complexity index is 1300. The molecular formula is C31H37F4NO2S. The highest BCUT2D eigenvalue weighted by Gasteiger charge is 2.41. The van der Waals surface area contributed by atoms with Crippen molar-refractivity contribution < 1.29 is 27.0 Å². The molecule has 0 spiro atoms. The number of hydrogen-bond donors (Lipinski definition) is 0. The average Bonchev–Trinajstić information content (AvgIpc) is 3.11. The Morgan fingerprint density at radius 1 is 1.15 bits per heavy atom. The molecule has 2 aliphatic rings. The van der Waals surface area contributed by atoms with Crippen molar-refractivity contribution in [1.82, 2.24) is 4.90 Å². The Kier molecular flexibility index (Phi) is 8.10. The van der Waals surface area contributed by atoms with E-state index in [2.05, 4.69) is 13.8 Å². The lowest BCUT2D eigenvalue weighted by Gasteiger charge is -2.36. The van der Waals surface area contributed by atoms with Crippen molar-refractivity contribution in [3.05, 3.63) is 69.5 Å². The van der Waals surface area contributed by atoms with Crippen LogP contribution in [-0.2, 0) is 10.9 Å². The van der Waals surface area contributed by atoms with Gasteiger partial charge in [0, 0.05) is 18.2 Å². The van der Waals surface area contributed by atoms with E-state index in [-0.39, 0.29) is 28.4 Å². The van der Waals surface area contributed by atoms with Gasteiger partial charge in [-0.25, -0.2) is 4.39 Å². The third-order valence-electron chi connectivity index (χ3n) is 7.95. The number of benzene rings is 2. The van der Waals surface area contributed by atoms with Crippen molar-refractivity contribution in [3.63, 3.8) is 0 Å². The SMILES string of the molecule is COc1cc(F)c(C(C)C)cc1C1=C(CN2C(=S)O[C@H](c3cc(C)cc(C(F)(F)F)c3)[C@@H]2C)CC(C)(C)CC1. The lowest BCUT2D eigenvalue weighted by Crippen LogP contribution is -2.35. The molecule has 1 fully saturated rings. The van der Waals surface area contributed by atoms with Gasteiger partial charge in [0.25, 0.3) is 5.17 Å². The average molecular weight is 564 g/mol. The van der Waals surface area contributed by atoms with Gasteiger partial charge in [0.15, 0.2) is 0 Å². The normalized spacial score (nSPS) is 21.5. The highest BCUT2D eigenvalue weighted by atomic mass is 32.1. The van der Waals surface area contributed by atoms with Gasteiger partial charge in [0.05, 0.1) is 18.7 Å². The minimum absolute atomic E-state index is 0.00926. The summed E-state index contributed by atoms with van der Waals surface area (Å²) in [5.41, 5.74) is 4.12. The van der Waals surface area contributed by atoms with Crippen LogP contribution >= 0.6 is 12.2 Å². The standard InChI is InChI=1S/C31H37F4NO2S/c1-17(2)24-13-25(27(37-7)14-26(24)32)23-8-9-30(5,6)15-21(23)16-36-19(4)28(38-29(36)39)20-10-18(3)11-22(12-20)31(33,34)35/h10-14,17,19,28H,8-9,15-16H2,1-7H3/t19-,28-/m0/s1. The quantitative estimate of drug-likeness (QED) is 0.258. The Morgan fingerprint density at radius 3 is 2.46 bits per heavy atom. The third-order valence-corrected chi connectivity index (χ3v) is 8.28. The Morgan fingerprint density at radius 2 is 1.85 bits per heavy atom. The highest BCUT2D eigenvalue weighted by Crippen LogP contribution is 2.47. The van der Waals surface area contributed by atoms with E-state index in [0.29, 0.717) is 29.0 Å². The highest BCUT2D eigenvalue weighted by molar-refractivity contribution is 7.80. The van der Waals surface area contributed by atoms with Gasteiger partial charge in [-0.3, -0.25) is 0 Å². The van der Waals surface area contributed by atoms with Crippen molar-refractivity contribution in [2.45, 2.75) is 85.0 Å². The zero-order valence-corrected chi connectivity index (χ0v) is 24.4. The summed E-state index contributed by atoms with van der Waals surface area (Å²) in [6, 6.07) is 7.12.